The monoisotopic (exact) mass is 305 g/mol. The van der Waals surface area contributed by atoms with Gasteiger partial charge in [-0.25, -0.2) is 17.5 Å². The second kappa shape index (κ2) is 5.99. The lowest BCUT2D eigenvalue weighted by molar-refractivity contribution is 0.566. The highest BCUT2D eigenvalue weighted by Gasteiger charge is 2.19. The molecule has 1 aromatic carbocycles. The fraction of sp³-hybridized carbons (Fsp3) is 0.143. The van der Waals surface area contributed by atoms with E-state index in [0.29, 0.717) is 5.56 Å². The highest BCUT2D eigenvalue weighted by atomic mass is 32.2. The van der Waals surface area contributed by atoms with E-state index >= 15 is 0 Å². The SMILES string of the molecule is CC(NS(=O)(=O)c1ccc(F)c(C#N)c1)c1cccnc1. The maximum atomic E-state index is 13.2. The zero-order valence-corrected chi connectivity index (χ0v) is 11.9. The first kappa shape index (κ1) is 15.1. The second-order valence-electron chi connectivity index (χ2n) is 4.38. The van der Waals surface area contributed by atoms with Crippen molar-refractivity contribution in [3.05, 3.63) is 59.7 Å². The van der Waals surface area contributed by atoms with E-state index in [4.69, 9.17) is 5.26 Å². The van der Waals surface area contributed by atoms with E-state index in [1.807, 2.05) is 0 Å². The maximum absolute atomic E-state index is 13.2. The third kappa shape index (κ3) is 3.42. The lowest BCUT2D eigenvalue weighted by atomic mass is 10.2. The van der Waals surface area contributed by atoms with Crippen molar-refractivity contribution in [2.24, 2.45) is 0 Å². The Morgan fingerprint density at radius 3 is 2.76 bits per heavy atom. The molecular weight excluding hydrogens is 293 g/mol. The molecule has 1 heterocycles. The molecule has 0 radical (unpaired) electrons. The van der Waals surface area contributed by atoms with Gasteiger partial charge in [0.15, 0.2) is 0 Å². The molecule has 0 saturated heterocycles. The molecule has 1 atom stereocenters. The summed E-state index contributed by atoms with van der Waals surface area (Å²) < 4.78 is 40.2. The minimum absolute atomic E-state index is 0.156. The Morgan fingerprint density at radius 1 is 1.38 bits per heavy atom. The number of hydrogen-bond donors (Lipinski definition) is 1. The van der Waals surface area contributed by atoms with Crippen LogP contribution in [0.1, 0.15) is 24.1 Å². The molecule has 2 rings (SSSR count). The summed E-state index contributed by atoms with van der Waals surface area (Å²) in [6.07, 6.45) is 3.14. The molecule has 1 aromatic heterocycles. The molecule has 0 aliphatic rings. The molecule has 7 heteroatoms. The maximum Gasteiger partial charge on any atom is 0.241 e. The molecule has 21 heavy (non-hydrogen) atoms. The van der Waals surface area contributed by atoms with E-state index in [9.17, 15) is 12.8 Å². The standard InChI is InChI=1S/C14H12FN3O2S/c1-10(11-3-2-6-17-9-11)18-21(19,20)13-4-5-14(15)12(7-13)8-16/h2-7,9-10,18H,1H3. The predicted octanol–water partition coefficient (Wildman–Crippen LogP) is 2.13. The van der Waals surface area contributed by atoms with E-state index in [2.05, 4.69) is 9.71 Å². The predicted molar refractivity (Wildman–Crippen MR) is 74.1 cm³/mol. The Kier molecular flexibility index (Phi) is 4.31. The first-order valence-electron chi connectivity index (χ1n) is 6.06. The van der Waals surface area contributed by atoms with Crippen LogP contribution in [0.5, 0.6) is 0 Å². The Hall–Kier alpha value is -2.30. The molecule has 2 aromatic rings. The fourth-order valence-electron chi connectivity index (χ4n) is 1.76. The van der Waals surface area contributed by atoms with Crippen LogP contribution in [-0.4, -0.2) is 13.4 Å². The van der Waals surface area contributed by atoms with Crippen LogP contribution in [0.2, 0.25) is 0 Å². The number of nitrogens with one attached hydrogen (secondary N) is 1. The Bertz CT molecular complexity index is 786. The van der Waals surface area contributed by atoms with Crippen molar-refractivity contribution in [3.8, 4) is 6.07 Å². The van der Waals surface area contributed by atoms with Crippen molar-refractivity contribution in [3.63, 3.8) is 0 Å². The van der Waals surface area contributed by atoms with Gasteiger partial charge in [-0.3, -0.25) is 4.98 Å². The van der Waals surface area contributed by atoms with Gasteiger partial charge in [-0.05, 0) is 36.8 Å². The summed E-state index contributed by atoms with van der Waals surface area (Å²) in [6, 6.07) is 7.64. The molecule has 0 bridgehead atoms. The number of nitriles is 1. The Balaban J connectivity index is 2.29. The largest absolute Gasteiger partial charge is 0.264 e. The Labute approximate surface area is 122 Å². The van der Waals surface area contributed by atoms with Crippen LogP contribution in [0.25, 0.3) is 0 Å². The molecule has 108 valence electrons. The van der Waals surface area contributed by atoms with Crippen molar-refractivity contribution >= 4 is 10.0 Å². The number of sulfonamides is 1. The first-order chi connectivity index (χ1) is 9.94. The van der Waals surface area contributed by atoms with Crippen LogP contribution >= 0.6 is 0 Å². The fourth-order valence-corrected chi connectivity index (χ4v) is 3.02. The molecule has 0 spiro atoms. The molecule has 1 N–H and O–H groups in total. The summed E-state index contributed by atoms with van der Waals surface area (Å²) in [4.78, 5) is 3.76. The van der Waals surface area contributed by atoms with E-state index in [0.717, 1.165) is 18.2 Å². The lowest BCUT2D eigenvalue weighted by Gasteiger charge is -2.14. The molecule has 5 nitrogen and oxygen atoms in total. The summed E-state index contributed by atoms with van der Waals surface area (Å²) in [6.45, 7) is 1.67. The van der Waals surface area contributed by atoms with Crippen molar-refractivity contribution in [2.45, 2.75) is 17.9 Å². The normalized spacial score (nSPS) is 12.6. The van der Waals surface area contributed by atoms with E-state index < -0.39 is 21.9 Å². The van der Waals surface area contributed by atoms with Crippen molar-refractivity contribution in [1.29, 1.82) is 5.26 Å². The summed E-state index contributed by atoms with van der Waals surface area (Å²) in [5.74, 6) is -0.753. The van der Waals surface area contributed by atoms with Crippen LogP contribution in [0, 0.1) is 17.1 Å². The third-order valence-corrected chi connectivity index (χ3v) is 4.42. The molecule has 0 amide bonds. The number of benzene rings is 1. The van der Waals surface area contributed by atoms with Gasteiger partial charge >= 0.3 is 0 Å². The average Bonchev–Trinajstić information content (AvgIpc) is 2.48. The first-order valence-corrected chi connectivity index (χ1v) is 7.54. The summed E-state index contributed by atoms with van der Waals surface area (Å²) >= 11 is 0. The third-order valence-electron chi connectivity index (χ3n) is 2.88. The van der Waals surface area contributed by atoms with E-state index in [1.54, 1.807) is 37.5 Å². The van der Waals surface area contributed by atoms with Gasteiger partial charge in [0.1, 0.15) is 11.9 Å². The highest BCUT2D eigenvalue weighted by molar-refractivity contribution is 7.89. The van der Waals surface area contributed by atoms with Gasteiger partial charge in [0.25, 0.3) is 0 Å². The topological polar surface area (TPSA) is 82.9 Å². The smallest absolute Gasteiger partial charge is 0.241 e. The minimum atomic E-state index is -3.85. The molecule has 0 aliphatic carbocycles. The number of nitrogens with zero attached hydrogens (tertiary/aromatic N) is 2. The molecule has 1 unspecified atom stereocenters. The number of halogens is 1. The van der Waals surface area contributed by atoms with Gasteiger partial charge in [0.2, 0.25) is 10.0 Å². The summed E-state index contributed by atoms with van der Waals surface area (Å²) in [7, 11) is -3.85. The van der Waals surface area contributed by atoms with Gasteiger partial charge in [0, 0.05) is 18.4 Å². The number of aromatic nitrogens is 1. The van der Waals surface area contributed by atoms with Crippen molar-refractivity contribution < 1.29 is 12.8 Å². The van der Waals surface area contributed by atoms with E-state index in [-0.39, 0.29) is 10.5 Å². The average molecular weight is 305 g/mol. The molecule has 0 aliphatic heterocycles. The van der Waals surface area contributed by atoms with Crippen LogP contribution < -0.4 is 4.72 Å². The van der Waals surface area contributed by atoms with Crippen LogP contribution in [0.4, 0.5) is 4.39 Å². The zero-order chi connectivity index (χ0) is 15.5. The minimum Gasteiger partial charge on any atom is -0.264 e. The van der Waals surface area contributed by atoms with E-state index in [1.165, 1.54) is 0 Å². The molecule has 0 fully saturated rings. The van der Waals surface area contributed by atoms with Gasteiger partial charge in [0.05, 0.1) is 10.5 Å². The Morgan fingerprint density at radius 2 is 2.14 bits per heavy atom. The van der Waals surface area contributed by atoms with Crippen LogP contribution in [0.3, 0.4) is 0 Å². The van der Waals surface area contributed by atoms with Gasteiger partial charge < -0.3 is 0 Å². The van der Waals surface area contributed by atoms with Crippen molar-refractivity contribution in [2.75, 3.05) is 0 Å². The van der Waals surface area contributed by atoms with Gasteiger partial charge in [-0.2, -0.15) is 5.26 Å². The number of hydrogen-bond acceptors (Lipinski definition) is 4. The second-order valence-corrected chi connectivity index (χ2v) is 6.10. The highest BCUT2D eigenvalue weighted by Crippen LogP contribution is 2.18. The zero-order valence-electron chi connectivity index (χ0n) is 11.1. The molecule has 0 saturated carbocycles. The summed E-state index contributed by atoms with van der Waals surface area (Å²) in [5.41, 5.74) is 0.385. The quantitative estimate of drug-likeness (QED) is 0.938. The number of pyridine rings is 1. The summed E-state index contributed by atoms with van der Waals surface area (Å²) in [5, 5.41) is 8.76. The van der Waals surface area contributed by atoms with Crippen molar-refractivity contribution in [1.82, 2.24) is 9.71 Å². The molecular formula is C14H12FN3O2S. The van der Waals surface area contributed by atoms with Crippen LogP contribution in [0.15, 0.2) is 47.6 Å². The lowest BCUT2D eigenvalue weighted by Crippen LogP contribution is -2.27. The number of rotatable bonds is 4. The van der Waals surface area contributed by atoms with Gasteiger partial charge in [-0.15, -0.1) is 0 Å². The van der Waals surface area contributed by atoms with Crippen LogP contribution in [-0.2, 0) is 10.0 Å². The van der Waals surface area contributed by atoms with Gasteiger partial charge in [-0.1, -0.05) is 6.07 Å².